The molecule has 0 fully saturated rings. The van der Waals surface area contributed by atoms with Crippen molar-refractivity contribution in [2.24, 2.45) is 7.05 Å². The van der Waals surface area contributed by atoms with E-state index in [1.54, 1.807) is 37.5 Å². The highest BCUT2D eigenvalue weighted by atomic mass is 79.9. The molecule has 1 aromatic carbocycles. The monoisotopic (exact) mass is 472 g/mol. The second-order valence-corrected chi connectivity index (χ2v) is 6.80. The topological polar surface area (TPSA) is 172 Å². The van der Waals surface area contributed by atoms with E-state index in [9.17, 15) is 9.59 Å². The van der Waals surface area contributed by atoms with Gasteiger partial charge in [0.05, 0.1) is 4.47 Å². The van der Waals surface area contributed by atoms with E-state index in [0.29, 0.717) is 10.0 Å². The lowest BCUT2D eigenvalue weighted by atomic mass is 10.1. The van der Waals surface area contributed by atoms with Gasteiger partial charge < -0.3 is 5.73 Å². The van der Waals surface area contributed by atoms with Crippen molar-refractivity contribution in [1.29, 1.82) is 0 Å². The Hall–Kier alpha value is -4.07. The molecule has 0 atom stereocenters. The molecule has 4 rings (SSSR count). The molecule has 0 aliphatic carbocycles. The average molecular weight is 473 g/mol. The second-order valence-electron chi connectivity index (χ2n) is 5.95. The van der Waals surface area contributed by atoms with Crippen LogP contribution in [0.15, 0.2) is 45.6 Å². The lowest BCUT2D eigenvalue weighted by Crippen LogP contribution is -2.42. The molecule has 0 saturated heterocycles. The average Bonchev–Trinajstić information content (AvgIpc) is 3.44. The third kappa shape index (κ3) is 3.50. The van der Waals surface area contributed by atoms with Crippen molar-refractivity contribution in [3.63, 3.8) is 0 Å². The van der Waals surface area contributed by atoms with Gasteiger partial charge in [0.1, 0.15) is 5.69 Å². The standard InChI is InChI=1S/C16H13BrN10O3/c1-26-7-9(17)10(22-26)15(28)20-21-16(29)11-12(8-5-3-2-4-6-8)27(25-19-11)14-13(18)23-30-24-14/h2-7H,1H3,(H2,18,23)(H,20,28)(H,21,29). The van der Waals surface area contributed by atoms with E-state index < -0.39 is 11.8 Å². The number of nitrogens with zero attached hydrogens (tertiary/aromatic N) is 7. The fourth-order valence-corrected chi connectivity index (χ4v) is 3.18. The molecule has 152 valence electrons. The Bertz CT molecular complexity index is 1230. The summed E-state index contributed by atoms with van der Waals surface area (Å²) >= 11 is 3.23. The van der Waals surface area contributed by atoms with Crippen molar-refractivity contribution < 1.29 is 14.2 Å². The van der Waals surface area contributed by atoms with Crippen LogP contribution in [0.3, 0.4) is 0 Å². The van der Waals surface area contributed by atoms with Crippen LogP contribution < -0.4 is 16.6 Å². The van der Waals surface area contributed by atoms with E-state index in [1.165, 1.54) is 9.36 Å². The van der Waals surface area contributed by atoms with Crippen molar-refractivity contribution in [1.82, 2.24) is 45.9 Å². The molecule has 14 heteroatoms. The summed E-state index contributed by atoms with van der Waals surface area (Å²) in [7, 11) is 1.66. The molecule has 0 radical (unpaired) electrons. The van der Waals surface area contributed by atoms with E-state index in [0.717, 1.165) is 0 Å². The van der Waals surface area contributed by atoms with Crippen molar-refractivity contribution in [2.75, 3.05) is 5.73 Å². The van der Waals surface area contributed by atoms with Gasteiger partial charge in [-0.3, -0.25) is 25.1 Å². The number of hydrogen-bond acceptors (Lipinski definition) is 9. The number of benzene rings is 1. The number of carbonyl (C=O) groups is 2. The molecule has 13 nitrogen and oxygen atoms in total. The first-order valence-corrected chi connectivity index (χ1v) is 9.14. The van der Waals surface area contributed by atoms with Crippen LogP contribution in [-0.4, -0.2) is 46.9 Å². The Morgan fingerprint density at radius 2 is 1.80 bits per heavy atom. The number of carbonyl (C=O) groups excluding carboxylic acids is 2. The number of halogens is 1. The fraction of sp³-hybridized carbons (Fsp3) is 0.0625. The summed E-state index contributed by atoms with van der Waals surface area (Å²) in [6, 6.07) is 8.87. The minimum atomic E-state index is -0.712. The van der Waals surface area contributed by atoms with E-state index in [2.05, 4.69) is 57.1 Å². The quantitative estimate of drug-likeness (QED) is 0.356. The zero-order valence-electron chi connectivity index (χ0n) is 15.3. The van der Waals surface area contributed by atoms with E-state index in [-0.39, 0.29) is 28.7 Å². The Kier molecular flexibility index (Phi) is 4.97. The summed E-state index contributed by atoms with van der Waals surface area (Å²) in [5.74, 6) is -1.29. The lowest BCUT2D eigenvalue weighted by molar-refractivity contribution is 0.0840. The van der Waals surface area contributed by atoms with Crippen molar-refractivity contribution in [2.45, 2.75) is 0 Å². The zero-order chi connectivity index (χ0) is 21.3. The van der Waals surface area contributed by atoms with Crippen LogP contribution in [0.25, 0.3) is 17.1 Å². The molecular weight excluding hydrogens is 460 g/mol. The van der Waals surface area contributed by atoms with Gasteiger partial charge >= 0.3 is 0 Å². The van der Waals surface area contributed by atoms with E-state index in [1.807, 2.05) is 6.07 Å². The van der Waals surface area contributed by atoms with Gasteiger partial charge in [0.15, 0.2) is 11.4 Å². The molecule has 4 N–H and O–H groups in total. The predicted molar refractivity (Wildman–Crippen MR) is 105 cm³/mol. The molecule has 0 aliphatic heterocycles. The molecule has 30 heavy (non-hydrogen) atoms. The fourth-order valence-electron chi connectivity index (χ4n) is 2.62. The highest BCUT2D eigenvalue weighted by molar-refractivity contribution is 9.10. The molecule has 3 aromatic heterocycles. The van der Waals surface area contributed by atoms with Crippen LogP contribution in [0, 0.1) is 0 Å². The number of nitrogen functional groups attached to an aromatic ring is 1. The van der Waals surface area contributed by atoms with Gasteiger partial charge in [-0.1, -0.05) is 35.5 Å². The van der Waals surface area contributed by atoms with Crippen molar-refractivity contribution in [3.05, 3.63) is 52.4 Å². The number of nitrogens with two attached hydrogens (primary N) is 1. The van der Waals surface area contributed by atoms with Crippen LogP contribution in [0.5, 0.6) is 0 Å². The first-order valence-electron chi connectivity index (χ1n) is 8.35. The number of hydrazine groups is 1. The van der Waals surface area contributed by atoms with Crippen LogP contribution >= 0.6 is 15.9 Å². The molecule has 0 unspecified atom stereocenters. The van der Waals surface area contributed by atoms with Gasteiger partial charge in [0.2, 0.25) is 11.6 Å². The van der Waals surface area contributed by atoms with Crippen LogP contribution in [0.2, 0.25) is 0 Å². The van der Waals surface area contributed by atoms with E-state index in [4.69, 9.17) is 5.73 Å². The largest absolute Gasteiger partial charge is 0.378 e. The van der Waals surface area contributed by atoms with Crippen LogP contribution in [0.1, 0.15) is 21.0 Å². The number of aryl methyl sites for hydroxylation is 1. The molecule has 0 bridgehead atoms. The maximum absolute atomic E-state index is 12.8. The number of nitrogens with one attached hydrogen (secondary N) is 2. The van der Waals surface area contributed by atoms with Crippen LogP contribution in [-0.2, 0) is 7.05 Å². The Morgan fingerprint density at radius 3 is 2.40 bits per heavy atom. The highest BCUT2D eigenvalue weighted by Gasteiger charge is 2.25. The normalized spacial score (nSPS) is 10.7. The minimum Gasteiger partial charge on any atom is -0.378 e. The summed E-state index contributed by atoms with van der Waals surface area (Å²) in [5.41, 5.74) is 11.3. The molecular formula is C16H13BrN10O3. The Labute approximate surface area is 176 Å². The van der Waals surface area contributed by atoms with Gasteiger partial charge in [0, 0.05) is 18.8 Å². The Balaban J connectivity index is 1.64. The summed E-state index contributed by atoms with van der Waals surface area (Å²) in [6.07, 6.45) is 1.60. The van der Waals surface area contributed by atoms with E-state index >= 15 is 0 Å². The van der Waals surface area contributed by atoms with Crippen molar-refractivity contribution in [3.8, 4) is 17.1 Å². The van der Waals surface area contributed by atoms with Gasteiger partial charge in [-0.15, -0.1) is 5.10 Å². The maximum atomic E-state index is 12.8. The number of amides is 2. The molecule has 3 heterocycles. The maximum Gasteiger partial charge on any atom is 0.292 e. The number of anilines is 1. The van der Waals surface area contributed by atoms with Crippen molar-refractivity contribution >= 4 is 33.6 Å². The van der Waals surface area contributed by atoms with Gasteiger partial charge in [-0.2, -0.15) is 9.78 Å². The van der Waals surface area contributed by atoms with Gasteiger partial charge in [-0.25, -0.2) is 4.63 Å². The third-order valence-corrected chi connectivity index (χ3v) is 4.50. The minimum absolute atomic E-state index is 0.0302. The summed E-state index contributed by atoms with van der Waals surface area (Å²) < 4.78 is 7.77. The number of hydrogen-bond donors (Lipinski definition) is 3. The Morgan fingerprint density at radius 1 is 1.10 bits per heavy atom. The first-order chi connectivity index (χ1) is 14.5. The molecule has 2 amide bonds. The zero-order valence-corrected chi connectivity index (χ0v) is 16.9. The third-order valence-electron chi connectivity index (χ3n) is 3.92. The van der Waals surface area contributed by atoms with Gasteiger partial charge in [0.25, 0.3) is 11.8 Å². The SMILES string of the molecule is Cn1cc(Br)c(C(=O)NNC(=O)c2nnn(-c3nonc3N)c2-c2ccccc2)n1. The molecule has 0 saturated carbocycles. The number of aromatic nitrogens is 7. The highest BCUT2D eigenvalue weighted by Crippen LogP contribution is 2.26. The molecule has 0 aliphatic rings. The predicted octanol–water partition coefficient (Wildman–Crippen LogP) is 0.470. The lowest BCUT2D eigenvalue weighted by Gasteiger charge is -2.08. The summed E-state index contributed by atoms with van der Waals surface area (Å²) in [6.45, 7) is 0. The summed E-state index contributed by atoms with van der Waals surface area (Å²) in [5, 5.41) is 19.1. The second kappa shape index (κ2) is 7.75. The van der Waals surface area contributed by atoms with Gasteiger partial charge in [-0.05, 0) is 26.2 Å². The molecule has 4 aromatic rings. The smallest absolute Gasteiger partial charge is 0.292 e. The van der Waals surface area contributed by atoms with Crippen LogP contribution in [0.4, 0.5) is 5.82 Å². The molecule has 0 spiro atoms. The first kappa shape index (κ1) is 19.3. The summed E-state index contributed by atoms with van der Waals surface area (Å²) in [4.78, 5) is 25.0. The number of rotatable bonds is 4.